The summed E-state index contributed by atoms with van der Waals surface area (Å²) in [6.45, 7) is 6.01. The van der Waals surface area contributed by atoms with Gasteiger partial charge >= 0.3 is 5.97 Å². The second-order valence-electron chi connectivity index (χ2n) is 3.32. The van der Waals surface area contributed by atoms with Crippen molar-refractivity contribution in [2.45, 2.75) is 33.6 Å². The molecule has 0 aliphatic heterocycles. The van der Waals surface area contributed by atoms with E-state index in [-0.39, 0.29) is 5.97 Å². The number of carbonyl (C=O) groups is 1. The highest BCUT2D eigenvalue weighted by Crippen LogP contribution is 2.46. The first-order valence-electron chi connectivity index (χ1n) is 5.40. The maximum absolute atomic E-state index is 11.9. The van der Waals surface area contributed by atoms with Crippen LogP contribution in [0.25, 0.3) is 0 Å². The van der Waals surface area contributed by atoms with Crippen LogP contribution in [-0.4, -0.2) is 31.5 Å². The Morgan fingerprint density at radius 1 is 1.27 bits per heavy atom. The van der Waals surface area contributed by atoms with E-state index in [1.807, 2.05) is 13.8 Å². The van der Waals surface area contributed by atoms with Crippen molar-refractivity contribution >= 4 is 13.3 Å². The Labute approximate surface area is 91.8 Å². The Morgan fingerprint density at radius 2 is 1.93 bits per heavy atom. The lowest BCUT2D eigenvalue weighted by Crippen LogP contribution is -2.03. The minimum atomic E-state index is -2.40. The molecule has 90 valence electrons. The zero-order chi connectivity index (χ0) is 11.7. The van der Waals surface area contributed by atoms with Crippen LogP contribution in [0.3, 0.4) is 0 Å². The van der Waals surface area contributed by atoms with Gasteiger partial charge in [-0.05, 0) is 19.8 Å². The molecule has 0 aromatic rings. The molecule has 0 spiro atoms. The number of carbonyl (C=O) groups excluding carboxylic acids is 1. The second-order valence-corrected chi connectivity index (χ2v) is 6.29. The molecular formula is C10H21O4P. The van der Waals surface area contributed by atoms with Crippen LogP contribution in [-0.2, 0) is 18.6 Å². The van der Waals surface area contributed by atoms with Gasteiger partial charge in [-0.3, -0.25) is 9.36 Å². The van der Waals surface area contributed by atoms with Crippen LogP contribution < -0.4 is 0 Å². The Morgan fingerprint density at radius 3 is 2.40 bits per heavy atom. The van der Waals surface area contributed by atoms with Crippen molar-refractivity contribution in [1.29, 1.82) is 0 Å². The van der Waals surface area contributed by atoms with Crippen LogP contribution in [0.1, 0.15) is 33.6 Å². The summed E-state index contributed by atoms with van der Waals surface area (Å²) in [5.74, 6) is -0.265. The highest BCUT2D eigenvalue weighted by Gasteiger charge is 2.18. The summed E-state index contributed by atoms with van der Waals surface area (Å²) < 4.78 is 22.0. The molecule has 0 heterocycles. The average Bonchev–Trinajstić information content (AvgIpc) is 2.17. The van der Waals surface area contributed by atoms with Gasteiger partial charge in [-0.25, -0.2) is 0 Å². The fraction of sp³-hybridized carbons (Fsp3) is 0.900. The third-order valence-electron chi connectivity index (χ3n) is 2.04. The van der Waals surface area contributed by atoms with Gasteiger partial charge in [0.1, 0.15) is 0 Å². The zero-order valence-electron chi connectivity index (χ0n) is 9.82. The minimum Gasteiger partial charge on any atom is -0.466 e. The van der Waals surface area contributed by atoms with Crippen molar-refractivity contribution in [2.75, 3.05) is 25.5 Å². The van der Waals surface area contributed by atoms with Gasteiger partial charge < -0.3 is 9.26 Å². The molecule has 4 nitrogen and oxygen atoms in total. The molecule has 0 fully saturated rings. The van der Waals surface area contributed by atoms with Crippen LogP contribution in [0.4, 0.5) is 0 Å². The first kappa shape index (κ1) is 14.7. The van der Waals surface area contributed by atoms with E-state index >= 15 is 0 Å². The Balaban J connectivity index is 3.63. The van der Waals surface area contributed by atoms with E-state index in [4.69, 9.17) is 9.26 Å². The topological polar surface area (TPSA) is 52.6 Å². The van der Waals surface area contributed by atoms with Crippen molar-refractivity contribution in [2.24, 2.45) is 0 Å². The van der Waals surface area contributed by atoms with E-state index < -0.39 is 7.37 Å². The summed E-state index contributed by atoms with van der Waals surface area (Å²) in [4.78, 5) is 10.5. The van der Waals surface area contributed by atoms with E-state index in [2.05, 4.69) is 0 Å². The third kappa shape index (κ3) is 7.57. The van der Waals surface area contributed by atoms with Crippen molar-refractivity contribution in [3.8, 4) is 0 Å². The number of hydrogen-bond donors (Lipinski definition) is 0. The molecule has 0 aromatic carbocycles. The molecule has 1 unspecified atom stereocenters. The van der Waals surface area contributed by atoms with E-state index in [0.29, 0.717) is 25.5 Å². The average molecular weight is 236 g/mol. The van der Waals surface area contributed by atoms with Crippen LogP contribution in [0.15, 0.2) is 0 Å². The summed E-state index contributed by atoms with van der Waals surface area (Å²) in [6.07, 6.45) is 2.68. The van der Waals surface area contributed by atoms with Gasteiger partial charge in [-0.15, -0.1) is 0 Å². The second kappa shape index (κ2) is 7.89. The zero-order valence-corrected chi connectivity index (χ0v) is 10.7. The Bertz CT molecular complexity index is 227. The van der Waals surface area contributed by atoms with Crippen molar-refractivity contribution in [1.82, 2.24) is 0 Å². The third-order valence-corrected chi connectivity index (χ3v) is 4.73. The Kier molecular flexibility index (Phi) is 7.71. The molecule has 0 saturated carbocycles. The molecule has 0 aliphatic rings. The summed E-state index contributed by atoms with van der Waals surface area (Å²) in [5, 5.41) is 0. The van der Waals surface area contributed by atoms with E-state index in [1.165, 1.54) is 6.92 Å². The summed E-state index contributed by atoms with van der Waals surface area (Å²) >= 11 is 0. The van der Waals surface area contributed by atoms with Crippen LogP contribution in [0.5, 0.6) is 0 Å². The lowest BCUT2D eigenvalue weighted by atomic mass is 10.4. The molecule has 0 rings (SSSR count). The lowest BCUT2D eigenvalue weighted by Gasteiger charge is -2.15. The van der Waals surface area contributed by atoms with Gasteiger partial charge in [0.15, 0.2) is 0 Å². The smallest absolute Gasteiger partial charge is 0.302 e. The van der Waals surface area contributed by atoms with E-state index in [0.717, 1.165) is 12.8 Å². The van der Waals surface area contributed by atoms with Gasteiger partial charge in [-0.1, -0.05) is 6.92 Å². The fourth-order valence-electron chi connectivity index (χ4n) is 1.22. The molecule has 0 aliphatic carbocycles. The fourth-order valence-corrected chi connectivity index (χ4v) is 3.02. The number of rotatable bonds is 8. The summed E-state index contributed by atoms with van der Waals surface area (Å²) in [5.41, 5.74) is 0. The predicted molar refractivity (Wildman–Crippen MR) is 60.5 cm³/mol. The highest BCUT2D eigenvalue weighted by atomic mass is 31.2. The van der Waals surface area contributed by atoms with Crippen molar-refractivity contribution in [3.63, 3.8) is 0 Å². The maximum atomic E-state index is 11.9. The van der Waals surface area contributed by atoms with Crippen LogP contribution in [0, 0.1) is 0 Å². The van der Waals surface area contributed by atoms with Crippen molar-refractivity contribution < 1.29 is 18.6 Å². The van der Waals surface area contributed by atoms with Crippen LogP contribution >= 0.6 is 7.37 Å². The molecule has 5 heteroatoms. The monoisotopic (exact) mass is 236 g/mol. The first-order valence-corrected chi connectivity index (χ1v) is 7.39. The number of esters is 1. The maximum Gasteiger partial charge on any atom is 0.302 e. The molecule has 0 radical (unpaired) electrons. The largest absolute Gasteiger partial charge is 0.466 e. The summed E-state index contributed by atoms with van der Waals surface area (Å²) in [7, 11) is -2.40. The number of hydrogen-bond acceptors (Lipinski definition) is 4. The molecule has 0 N–H and O–H groups in total. The lowest BCUT2D eigenvalue weighted by molar-refractivity contribution is -0.141. The van der Waals surface area contributed by atoms with Gasteiger partial charge in [0.05, 0.1) is 13.2 Å². The first-order chi connectivity index (χ1) is 7.04. The van der Waals surface area contributed by atoms with E-state index in [1.54, 1.807) is 0 Å². The van der Waals surface area contributed by atoms with Gasteiger partial charge in [0.2, 0.25) is 7.37 Å². The Hall–Kier alpha value is -0.340. The SMILES string of the molecule is CCOP(=O)(CC)CCCCOC(C)=O. The molecule has 0 amide bonds. The summed E-state index contributed by atoms with van der Waals surface area (Å²) in [6, 6.07) is 0. The quantitative estimate of drug-likeness (QED) is 0.369. The van der Waals surface area contributed by atoms with Crippen LogP contribution in [0.2, 0.25) is 0 Å². The van der Waals surface area contributed by atoms with Gasteiger partial charge in [-0.2, -0.15) is 0 Å². The van der Waals surface area contributed by atoms with E-state index in [9.17, 15) is 9.36 Å². The van der Waals surface area contributed by atoms with Gasteiger partial charge in [0, 0.05) is 19.2 Å². The molecule has 0 bridgehead atoms. The molecule has 0 saturated heterocycles. The molecule has 0 aromatic heterocycles. The predicted octanol–water partition coefficient (Wildman–Crippen LogP) is 2.66. The van der Waals surface area contributed by atoms with Crippen molar-refractivity contribution in [3.05, 3.63) is 0 Å². The molecule has 1 atom stereocenters. The standard InChI is InChI=1S/C10H21O4P/c1-4-14-15(12,5-2)9-7-6-8-13-10(3)11/h4-9H2,1-3H3. The van der Waals surface area contributed by atoms with Gasteiger partial charge in [0.25, 0.3) is 0 Å². The molecule has 15 heavy (non-hydrogen) atoms. The highest BCUT2D eigenvalue weighted by molar-refractivity contribution is 7.58. The number of ether oxygens (including phenoxy) is 1. The normalized spacial score (nSPS) is 14.6. The molecular weight excluding hydrogens is 215 g/mol. The minimum absolute atomic E-state index is 0.265. The number of unbranched alkanes of at least 4 members (excludes halogenated alkanes) is 1.